The molecular weight excluding hydrogens is 274 g/mol. The van der Waals surface area contributed by atoms with E-state index in [-0.39, 0.29) is 6.04 Å². The molecule has 2 heterocycles. The summed E-state index contributed by atoms with van der Waals surface area (Å²) in [6, 6.07) is 9.48. The third kappa shape index (κ3) is 2.45. The molecule has 104 valence electrons. The molecule has 6 heteroatoms. The summed E-state index contributed by atoms with van der Waals surface area (Å²) in [7, 11) is 0. The van der Waals surface area contributed by atoms with Gasteiger partial charge in [0.2, 0.25) is 0 Å². The number of rotatable bonds is 3. The Kier molecular flexibility index (Phi) is 3.52. The summed E-state index contributed by atoms with van der Waals surface area (Å²) < 4.78 is 0. The number of carboxylic acid groups (broad SMARTS) is 1. The van der Waals surface area contributed by atoms with Crippen molar-refractivity contribution in [2.75, 3.05) is 0 Å². The Morgan fingerprint density at radius 1 is 1.35 bits per heavy atom. The van der Waals surface area contributed by atoms with Crippen LogP contribution in [-0.2, 0) is 4.79 Å². The normalized spacial score (nSPS) is 22.1. The van der Waals surface area contributed by atoms with Crippen molar-refractivity contribution in [3.05, 3.63) is 40.9 Å². The van der Waals surface area contributed by atoms with Crippen LogP contribution in [-0.4, -0.2) is 22.1 Å². The van der Waals surface area contributed by atoms with E-state index in [9.17, 15) is 4.79 Å². The second-order valence-corrected chi connectivity index (χ2v) is 5.83. The molecule has 20 heavy (non-hydrogen) atoms. The first-order chi connectivity index (χ1) is 9.65. The summed E-state index contributed by atoms with van der Waals surface area (Å²) in [6.45, 7) is 1.97. The first-order valence-electron chi connectivity index (χ1n) is 6.42. The van der Waals surface area contributed by atoms with Crippen molar-refractivity contribution in [1.29, 1.82) is 0 Å². The van der Waals surface area contributed by atoms with Crippen molar-refractivity contribution in [1.82, 2.24) is 15.8 Å². The minimum absolute atomic E-state index is 0.00561. The van der Waals surface area contributed by atoms with Crippen molar-refractivity contribution >= 4 is 17.3 Å². The van der Waals surface area contributed by atoms with Gasteiger partial charge in [0.05, 0.1) is 11.7 Å². The van der Waals surface area contributed by atoms with Crippen molar-refractivity contribution in [3.63, 3.8) is 0 Å². The number of hydrogen-bond donors (Lipinski definition) is 3. The lowest BCUT2D eigenvalue weighted by Crippen LogP contribution is -2.36. The minimum atomic E-state index is -0.828. The molecule has 1 saturated heterocycles. The highest BCUT2D eigenvalue weighted by Gasteiger charge is 2.32. The Balaban J connectivity index is 1.85. The molecule has 0 saturated carbocycles. The average molecular weight is 289 g/mol. The Morgan fingerprint density at radius 2 is 2.10 bits per heavy atom. The minimum Gasteiger partial charge on any atom is -0.480 e. The molecule has 0 aliphatic carbocycles. The van der Waals surface area contributed by atoms with Crippen molar-refractivity contribution in [2.24, 2.45) is 0 Å². The summed E-state index contributed by atoms with van der Waals surface area (Å²) in [6.07, 6.45) is 0.534. The maximum atomic E-state index is 11.0. The SMILES string of the molecule is Cc1nc(-c2ccccc2)sc1C1CC(C(=O)O)NN1. The second-order valence-electron chi connectivity index (χ2n) is 4.80. The van der Waals surface area contributed by atoms with Gasteiger partial charge in [0.1, 0.15) is 11.0 Å². The number of nitrogens with one attached hydrogen (secondary N) is 2. The summed E-state index contributed by atoms with van der Waals surface area (Å²) >= 11 is 1.62. The number of hydrogen-bond acceptors (Lipinski definition) is 5. The zero-order valence-corrected chi connectivity index (χ0v) is 11.8. The molecule has 1 aliphatic rings. The van der Waals surface area contributed by atoms with Crippen LogP contribution in [0.3, 0.4) is 0 Å². The number of hydrazine groups is 1. The second kappa shape index (κ2) is 5.32. The van der Waals surface area contributed by atoms with Gasteiger partial charge in [-0.3, -0.25) is 4.79 Å². The molecule has 0 bridgehead atoms. The first-order valence-corrected chi connectivity index (χ1v) is 7.23. The lowest BCUT2D eigenvalue weighted by atomic mass is 10.1. The van der Waals surface area contributed by atoms with Gasteiger partial charge in [-0.05, 0) is 13.3 Å². The summed E-state index contributed by atoms with van der Waals surface area (Å²) in [5, 5.41) is 9.99. The smallest absolute Gasteiger partial charge is 0.322 e. The summed E-state index contributed by atoms with van der Waals surface area (Å²) in [5.41, 5.74) is 7.91. The van der Waals surface area contributed by atoms with Gasteiger partial charge in [-0.2, -0.15) is 0 Å². The van der Waals surface area contributed by atoms with Gasteiger partial charge in [0.15, 0.2) is 0 Å². The molecule has 2 unspecified atom stereocenters. The van der Waals surface area contributed by atoms with Gasteiger partial charge in [0.25, 0.3) is 0 Å². The molecule has 2 aromatic rings. The number of nitrogens with zero attached hydrogens (tertiary/aromatic N) is 1. The molecule has 1 aliphatic heterocycles. The third-order valence-corrected chi connectivity index (χ3v) is 4.69. The van der Waals surface area contributed by atoms with Crippen LogP contribution < -0.4 is 10.9 Å². The van der Waals surface area contributed by atoms with Crippen LogP contribution in [0.2, 0.25) is 0 Å². The highest BCUT2D eigenvalue weighted by molar-refractivity contribution is 7.15. The monoisotopic (exact) mass is 289 g/mol. The Labute approximate surface area is 120 Å². The molecule has 1 aromatic heterocycles. The van der Waals surface area contributed by atoms with Crippen LogP contribution in [0.5, 0.6) is 0 Å². The number of aliphatic carboxylic acids is 1. The molecule has 0 radical (unpaired) electrons. The molecule has 0 spiro atoms. The van der Waals surface area contributed by atoms with Crippen molar-refractivity contribution < 1.29 is 9.90 Å². The fourth-order valence-corrected chi connectivity index (χ4v) is 3.46. The Hall–Kier alpha value is -1.76. The highest BCUT2D eigenvalue weighted by Crippen LogP contribution is 2.34. The van der Waals surface area contributed by atoms with Crippen LogP contribution in [0.15, 0.2) is 30.3 Å². The van der Waals surface area contributed by atoms with E-state index in [4.69, 9.17) is 5.11 Å². The predicted molar refractivity (Wildman–Crippen MR) is 77.3 cm³/mol. The van der Waals surface area contributed by atoms with E-state index in [1.165, 1.54) is 0 Å². The first kappa shape index (κ1) is 13.2. The quantitative estimate of drug-likeness (QED) is 0.807. The zero-order chi connectivity index (χ0) is 14.1. The zero-order valence-electron chi connectivity index (χ0n) is 11.0. The van der Waals surface area contributed by atoms with Gasteiger partial charge in [-0.25, -0.2) is 15.8 Å². The van der Waals surface area contributed by atoms with E-state index in [0.717, 1.165) is 21.1 Å². The molecular formula is C14H15N3O2S. The van der Waals surface area contributed by atoms with Crippen LogP contribution in [0, 0.1) is 6.92 Å². The molecule has 3 rings (SSSR count). The lowest BCUT2D eigenvalue weighted by molar-refractivity contribution is -0.139. The fraction of sp³-hybridized carbons (Fsp3) is 0.286. The standard InChI is InChI=1S/C14H15N3O2S/c1-8-12(10-7-11(14(18)19)17-16-10)20-13(15-8)9-5-3-2-4-6-9/h2-6,10-11,16-17H,7H2,1H3,(H,18,19). The third-order valence-electron chi connectivity index (χ3n) is 3.37. The van der Waals surface area contributed by atoms with Gasteiger partial charge in [-0.15, -0.1) is 11.3 Å². The predicted octanol–water partition coefficient (Wildman–Crippen LogP) is 2.11. The number of benzene rings is 1. The lowest BCUT2D eigenvalue weighted by Gasteiger charge is -2.06. The highest BCUT2D eigenvalue weighted by atomic mass is 32.1. The number of carbonyl (C=O) groups is 1. The Bertz CT molecular complexity index is 627. The van der Waals surface area contributed by atoms with Crippen molar-refractivity contribution in [3.8, 4) is 10.6 Å². The van der Waals surface area contributed by atoms with E-state index in [1.54, 1.807) is 11.3 Å². The van der Waals surface area contributed by atoms with E-state index >= 15 is 0 Å². The molecule has 2 atom stereocenters. The molecule has 5 nitrogen and oxygen atoms in total. The summed E-state index contributed by atoms with van der Waals surface area (Å²) in [4.78, 5) is 16.7. The fourth-order valence-electron chi connectivity index (χ4n) is 2.33. The Morgan fingerprint density at radius 3 is 2.75 bits per heavy atom. The largest absolute Gasteiger partial charge is 0.480 e. The van der Waals surface area contributed by atoms with Gasteiger partial charge >= 0.3 is 5.97 Å². The van der Waals surface area contributed by atoms with Gasteiger partial charge in [-0.1, -0.05) is 30.3 Å². The van der Waals surface area contributed by atoms with Crippen LogP contribution >= 0.6 is 11.3 Å². The molecule has 0 amide bonds. The number of aromatic nitrogens is 1. The number of thiazole rings is 1. The van der Waals surface area contributed by atoms with Crippen LogP contribution in [0.4, 0.5) is 0 Å². The van der Waals surface area contributed by atoms with E-state index < -0.39 is 12.0 Å². The topological polar surface area (TPSA) is 74.2 Å². The van der Waals surface area contributed by atoms with Crippen molar-refractivity contribution in [2.45, 2.75) is 25.4 Å². The van der Waals surface area contributed by atoms with Crippen LogP contribution in [0.25, 0.3) is 10.6 Å². The average Bonchev–Trinajstić information content (AvgIpc) is 3.06. The molecule has 3 N–H and O–H groups in total. The maximum absolute atomic E-state index is 11.0. The van der Waals surface area contributed by atoms with Gasteiger partial charge < -0.3 is 5.11 Å². The molecule has 1 fully saturated rings. The van der Waals surface area contributed by atoms with E-state index in [1.807, 2.05) is 37.3 Å². The van der Waals surface area contributed by atoms with Gasteiger partial charge in [0, 0.05) is 10.4 Å². The number of aryl methyl sites for hydroxylation is 1. The van der Waals surface area contributed by atoms with E-state index in [0.29, 0.717) is 6.42 Å². The van der Waals surface area contributed by atoms with E-state index in [2.05, 4.69) is 15.8 Å². The molecule has 1 aromatic carbocycles. The van der Waals surface area contributed by atoms with Crippen LogP contribution in [0.1, 0.15) is 23.0 Å². The number of carboxylic acids is 1. The summed E-state index contributed by atoms with van der Waals surface area (Å²) in [5.74, 6) is -0.828. The maximum Gasteiger partial charge on any atom is 0.322 e.